The van der Waals surface area contributed by atoms with E-state index in [4.69, 9.17) is 0 Å². The molecule has 0 radical (unpaired) electrons. The van der Waals surface area contributed by atoms with E-state index in [1.165, 1.54) is 27.9 Å². The Kier molecular flexibility index (Phi) is 3.40. The van der Waals surface area contributed by atoms with Crippen molar-refractivity contribution in [2.24, 2.45) is 0 Å². The van der Waals surface area contributed by atoms with Crippen LogP contribution in [0.2, 0.25) is 0 Å². The largest absolute Gasteiger partial charge is 0.374 e. The van der Waals surface area contributed by atoms with Crippen molar-refractivity contribution >= 4 is 5.69 Å². The van der Waals surface area contributed by atoms with Gasteiger partial charge in [0.2, 0.25) is 0 Å². The molecule has 22 heavy (non-hydrogen) atoms. The third kappa shape index (κ3) is 2.39. The van der Waals surface area contributed by atoms with Gasteiger partial charge in [-0.15, -0.1) is 0 Å². The standard InChI is InChI=1S/C21H19N/c1-2-10-18(11-3-1)21-19-12-6-4-8-16(19)14-15-17-9-5-7-13-20(17)22-21/h1-13,21-22H,14-15H2. The first kappa shape index (κ1) is 13.1. The Labute approximate surface area is 131 Å². The van der Waals surface area contributed by atoms with Crippen molar-refractivity contribution in [1.82, 2.24) is 0 Å². The maximum absolute atomic E-state index is 3.77. The molecule has 1 heteroatoms. The fourth-order valence-electron chi connectivity index (χ4n) is 3.33. The summed E-state index contributed by atoms with van der Waals surface area (Å²) in [6.07, 6.45) is 2.18. The van der Waals surface area contributed by atoms with E-state index in [-0.39, 0.29) is 6.04 Å². The molecule has 0 fully saturated rings. The molecule has 0 amide bonds. The normalized spacial score (nSPS) is 16.6. The molecule has 0 saturated heterocycles. The molecule has 4 rings (SSSR count). The lowest BCUT2D eigenvalue weighted by Gasteiger charge is -2.27. The van der Waals surface area contributed by atoms with Gasteiger partial charge in [0.05, 0.1) is 6.04 Å². The highest BCUT2D eigenvalue weighted by atomic mass is 14.9. The Morgan fingerprint density at radius 2 is 1.27 bits per heavy atom. The van der Waals surface area contributed by atoms with Crippen molar-refractivity contribution < 1.29 is 0 Å². The van der Waals surface area contributed by atoms with Crippen LogP contribution in [0.4, 0.5) is 5.69 Å². The monoisotopic (exact) mass is 285 g/mol. The topological polar surface area (TPSA) is 12.0 Å². The van der Waals surface area contributed by atoms with E-state index in [9.17, 15) is 0 Å². The average molecular weight is 285 g/mol. The predicted molar refractivity (Wildman–Crippen MR) is 92.2 cm³/mol. The highest BCUT2D eigenvalue weighted by Crippen LogP contribution is 2.33. The maximum atomic E-state index is 3.77. The van der Waals surface area contributed by atoms with Gasteiger partial charge in [-0.05, 0) is 41.2 Å². The first-order valence-corrected chi connectivity index (χ1v) is 7.89. The molecule has 1 nitrogen and oxygen atoms in total. The van der Waals surface area contributed by atoms with Gasteiger partial charge < -0.3 is 5.32 Å². The van der Waals surface area contributed by atoms with Gasteiger partial charge in [0.1, 0.15) is 0 Å². The highest BCUT2D eigenvalue weighted by molar-refractivity contribution is 5.57. The van der Waals surface area contributed by atoms with Gasteiger partial charge in [0.25, 0.3) is 0 Å². The minimum Gasteiger partial charge on any atom is -0.374 e. The summed E-state index contributed by atoms with van der Waals surface area (Å²) in [6.45, 7) is 0. The number of nitrogens with one attached hydrogen (secondary N) is 1. The summed E-state index contributed by atoms with van der Waals surface area (Å²) < 4.78 is 0. The smallest absolute Gasteiger partial charge is 0.0770 e. The number of aryl methyl sites for hydroxylation is 2. The summed E-state index contributed by atoms with van der Waals surface area (Å²) in [7, 11) is 0. The van der Waals surface area contributed by atoms with Crippen LogP contribution in [0.5, 0.6) is 0 Å². The second-order valence-electron chi connectivity index (χ2n) is 5.84. The van der Waals surface area contributed by atoms with Gasteiger partial charge in [-0.3, -0.25) is 0 Å². The summed E-state index contributed by atoms with van der Waals surface area (Å²) in [5.74, 6) is 0. The number of benzene rings is 3. The predicted octanol–water partition coefficient (Wildman–Crippen LogP) is 4.99. The molecule has 0 aromatic heterocycles. The van der Waals surface area contributed by atoms with E-state index in [0.29, 0.717) is 0 Å². The fourth-order valence-corrected chi connectivity index (χ4v) is 3.33. The fraction of sp³-hybridized carbons (Fsp3) is 0.143. The maximum Gasteiger partial charge on any atom is 0.0770 e. The third-order valence-electron chi connectivity index (χ3n) is 4.48. The van der Waals surface area contributed by atoms with Crippen molar-refractivity contribution in [2.75, 3.05) is 5.32 Å². The zero-order valence-electron chi connectivity index (χ0n) is 12.5. The second-order valence-corrected chi connectivity index (χ2v) is 5.84. The Morgan fingerprint density at radius 1 is 0.636 bits per heavy atom. The van der Waals surface area contributed by atoms with Crippen LogP contribution in [0.15, 0.2) is 78.9 Å². The van der Waals surface area contributed by atoms with Crippen LogP contribution in [-0.4, -0.2) is 0 Å². The second kappa shape index (κ2) is 5.69. The Bertz CT molecular complexity index is 777. The lowest BCUT2D eigenvalue weighted by Crippen LogP contribution is -2.18. The summed E-state index contributed by atoms with van der Waals surface area (Å²) in [5, 5.41) is 3.77. The van der Waals surface area contributed by atoms with E-state index >= 15 is 0 Å². The Morgan fingerprint density at radius 3 is 2.14 bits per heavy atom. The van der Waals surface area contributed by atoms with Gasteiger partial charge in [-0.25, -0.2) is 0 Å². The van der Waals surface area contributed by atoms with Crippen LogP contribution in [-0.2, 0) is 12.8 Å². The lowest BCUT2D eigenvalue weighted by molar-refractivity contribution is 0.850. The number of anilines is 1. The minimum atomic E-state index is 0.207. The Hall–Kier alpha value is -2.54. The van der Waals surface area contributed by atoms with Crippen LogP contribution in [0.25, 0.3) is 0 Å². The number of hydrogen-bond donors (Lipinski definition) is 1. The van der Waals surface area contributed by atoms with E-state index in [1.54, 1.807) is 0 Å². The van der Waals surface area contributed by atoms with Crippen molar-refractivity contribution in [3.63, 3.8) is 0 Å². The number of rotatable bonds is 1. The van der Waals surface area contributed by atoms with E-state index in [2.05, 4.69) is 84.2 Å². The van der Waals surface area contributed by atoms with Crippen molar-refractivity contribution in [3.8, 4) is 0 Å². The summed E-state index contributed by atoms with van der Waals surface area (Å²) >= 11 is 0. The number of fused-ring (bicyclic) bond motifs is 2. The van der Waals surface area contributed by atoms with E-state index in [1.807, 2.05) is 0 Å². The average Bonchev–Trinajstić information content (AvgIpc) is 2.58. The highest BCUT2D eigenvalue weighted by Gasteiger charge is 2.20. The molecule has 3 aromatic rings. The zero-order valence-corrected chi connectivity index (χ0v) is 12.5. The molecular weight excluding hydrogens is 266 g/mol. The van der Waals surface area contributed by atoms with Crippen molar-refractivity contribution in [1.29, 1.82) is 0 Å². The van der Waals surface area contributed by atoms with Crippen LogP contribution in [0.1, 0.15) is 28.3 Å². The van der Waals surface area contributed by atoms with Gasteiger partial charge >= 0.3 is 0 Å². The Balaban J connectivity index is 1.86. The number of hydrogen-bond acceptors (Lipinski definition) is 1. The third-order valence-corrected chi connectivity index (χ3v) is 4.48. The van der Waals surface area contributed by atoms with Crippen molar-refractivity contribution in [2.45, 2.75) is 18.9 Å². The first-order valence-electron chi connectivity index (χ1n) is 7.89. The van der Waals surface area contributed by atoms with Crippen molar-refractivity contribution in [3.05, 3.63) is 101 Å². The van der Waals surface area contributed by atoms with Gasteiger partial charge in [0, 0.05) is 5.69 Å². The molecule has 0 spiro atoms. The lowest BCUT2D eigenvalue weighted by atomic mass is 9.89. The molecule has 1 aliphatic heterocycles. The molecule has 1 aliphatic rings. The zero-order chi connectivity index (χ0) is 14.8. The molecule has 1 heterocycles. The molecular formula is C21H19N. The molecule has 3 aromatic carbocycles. The van der Waals surface area contributed by atoms with E-state index in [0.717, 1.165) is 12.8 Å². The van der Waals surface area contributed by atoms with Crippen LogP contribution in [0, 0.1) is 0 Å². The summed E-state index contributed by atoms with van der Waals surface area (Å²) in [5.41, 5.74) is 6.80. The molecule has 1 N–H and O–H groups in total. The van der Waals surface area contributed by atoms with Crippen LogP contribution >= 0.6 is 0 Å². The van der Waals surface area contributed by atoms with Crippen LogP contribution < -0.4 is 5.32 Å². The SMILES string of the molecule is c1ccc(C2Nc3ccccc3CCc3ccccc32)cc1. The summed E-state index contributed by atoms with van der Waals surface area (Å²) in [4.78, 5) is 0. The molecule has 108 valence electrons. The minimum absolute atomic E-state index is 0.207. The number of para-hydroxylation sites is 1. The quantitative estimate of drug-likeness (QED) is 0.664. The summed E-state index contributed by atoms with van der Waals surface area (Å²) in [6, 6.07) is 28.4. The first-order chi connectivity index (χ1) is 10.9. The molecule has 1 atom stereocenters. The van der Waals surface area contributed by atoms with E-state index < -0.39 is 0 Å². The van der Waals surface area contributed by atoms with Gasteiger partial charge in [-0.1, -0.05) is 72.8 Å². The molecule has 1 unspecified atom stereocenters. The molecule has 0 aliphatic carbocycles. The van der Waals surface area contributed by atoms with Crippen LogP contribution in [0.3, 0.4) is 0 Å². The molecule has 0 bridgehead atoms. The van der Waals surface area contributed by atoms with Gasteiger partial charge in [0.15, 0.2) is 0 Å². The van der Waals surface area contributed by atoms with Gasteiger partial charge in [-0.2, -0.15) is 0 Å². The molecule has 0 saturated carbocycles.